The minimum absolute atomic E-state index is 0.167. The summed E-state index contributed by atoms with van der Waals surface area (Å²) in [6.07, 6.45) is 2.21. The molecule has 1 heterocycles. The van der Waals surface area contributed by atoms with Crippen LogP contribution in [-0.2, 0) is 0 Å². The van der Waals surface area contributed by atoms with E-state index in [9.17, 15) is 0 Å². The van der Waals surface area contributed by atoms with E-state index in [1.165, 1.54) is 5.70 Å². The fourth-order valence-corrected chi connectivity index (χ4v) is 1.81. The largest absolute Gasteiger partial charge is 0.372 e. The second kappa shape index (κ2) is 2.66. The summed E-state index contributed by atoms with van der Waals surface area (Å²) in [6.45, 7) is 11.3. The normalized spacial score (nSPS) is 25.9. The number of hydrogen-bond donors (Lipinski definition) is 0. The minimum atomic E-state index is 0.167. The molecule has 0 saturated heterocycles. The molecule has 0 aromatic rings. The van der Waals surface area contributed by atoms with Crippen LogP contribution in [0.5, 0.6) is 0 Å². The molecule has 0 radical (unpaired) electrons. The van der Waals surface area contributed by atoms with Crippen LogP contribution < -0.4 is 0 Å². The summed E-state index contributed by atoms with van der Waals surface area (Å²) < 4.78 is 0. The van der Waals surface area contributed by atoms with Crippen molar-refractivity contribution >= 4 is 0 Å². The molecule has 0 aliphatic carbocycles. The molecule has 2 heteroatoms. The van der Waals surface area contributed by atoms with Crippen LogP contribution in [0.15, 0.2) is 11.9 Å². The lowest BCUT2D eigenvalue weighted by Gasteiger charge is -2.56. The van der Waals surface area contributed by atoms with Crippen LogP contribution >= 0.6 is 0 Å². The van der Waals surface area contributed by atoms with Gasteiger partial charge in [-0.25, -0.2) is 0 Å². The molecule has 1 aliphatic heterocycles. The first-order chi connectivity index (χ1) is 5.71. The molecule has 0 spiro atoms. The van der Waals surface area contributed by atoms with Crippen molar-refractivity contribution in [2.24, 2.45) is 0 Å². The van der Waals surface area contributed by atoms with Crippen molar-refractivity contribution in [3.05, 3.63) is 11.9 Å². The molecule has 0 aromatic carbocycles. The Balaban J connectivity index is 3.18. The van der Waals surface area contributed by atoms with Gasteiger partial charge in [0.25, 0.3) is 0 Å². The summed E-state index contributed by atoms with van der Waals surface area (Å²) in [4.78, 5) is 4.66. The molecule has 0 bridgehead atoms. The summed E-state index contributed by atoms with van der Waals surface area (Å²) >= 11 is 0. The van der Waals surface area contributed by atoms with Gasteiger partial charge in [0.2, 0.25) is 0 Å². The lowest BCUT2D eigenvalue weighted by molar-refractivity contribution is 0.00751. The van der Waals surface area contributed by atoms with Gasteiger partial charge < -0.3 is 9.80 Å². The molecule has 0 fully saturated rings. The highest BCUT2D eigenvalue weighted by Gasteiger charge is 2.45. The molecule has 0 unspecified atom stereocenters. The van der Waals surface area contributed by atoms with E-state index in [0.717, 1.165) is 0 Å². The Morgan fingerprint density at radius 2 is 1.46 bits per heavy atom. The second-order valence-corrected chi connectivity index (χ2v) is 5.06. The van der Waals surface area contributed by atoms with Crippen molar-refractivity contribution in [1.82, 2.24) is 9.80 Å². The zero-order valence-electron chi connectivity index (χ0n) is 9.97. The third-order valence-corrected chi connectivity index (χ3v) is 4.13. The average Bonchev–Trinajstić information content (AvgIpc) is 2.00. The average molecular weight is 182 g/mol. The van der Waals surface area contributed by atoms with Gasteiger partial charge in [0.05, 0.1) is 11.1 Å². The van der Waals surface area contributed by atoms with E-state index < -0.39 is 0 Å². The van der Waals surface area contributed by atoms with Crippen LogP contribution in [0.2, 0.25) is 0 Å². The van der Waals surface area contributed by atoms with Crippen molar-refractivity contribution in [3.63, 3.8) is 0 Å². The molecule has 76 valence electrons. The van der Waals surface area contributed by atoms with Crippen LogP contribution in [0.3, 0.4) is 0 Å². The summed E-state index contributed by atoms with van der Waals surface area (Å²) in [7, 11) is 4.32. The van der Waals surface area contributed by atoms with Crippen LogP contribution in [0.25, 0.3) is 0 Å². The monoisotopic (exact) mass is 182 g/mol. The van der Waals surface area contributed by atoms with Crippen molar-refractivity contribution in [2.45, 2.75) is 45.7 Å². The fraction of sp³-hybridized carbons (Fsp3) is 0.818. The highest BCUT2D eigenvalue weighted by Crippen LogP contribution is 2.37. The smallest absolute Gasteiger partial charge is 0.0565 e. The predicted octanol–water partition coefficient (Wildman–Crippen LogP) is 2.28. The predicted molar refractivity (Wildman–Crippen MR) is 57.4 cm³/mol. The van der Waals surface area contributed by atoms with E-state index in [1.54, 1.807) is 0 Å². The first-order valence-electron chi connectivity index (χ1n) is 4.86. The second-order valence-electron chi connectivity index (χ2n) is 5.06. The molecular weight excluding hydrogens is 160 g/mol. The standard InChI is InChI=1S/C11H22N2/c1-9-8-12(6)10(2,3)11(4,5)13(9)7/h8H,1-7H3. The van der Waals surface area contributed by atoms with Gasteiger partial charge in [0, 0.05) is 26.0 Å². The maximum absolute atomic E-state index is 2.35. The van der Waals surface area contributed by atoms with Gasteiger partial charge >= 0.3 is 0 Å². The van der Waals surface area contributed by atoms with E-state index in [2.05, 4.69) is 64.7 Å². The number of likely N-dealkylation sites (N-methyl/N-ethyl adjacent to an activating group) is 2. The van der Waals surface area contributed by atoms with Gasteiger partial charge in [-0.1, -0.05) is 0 Å². The Morgan fingerprint density at radius 1 is 1.00 bits per heavy atom. The maximum atomic E-state index is 2.35. The summed E-state index contributed by atoms with van der Waals surface area (Å²) in [5.74, 6) is 0. The summed E-state index contributed by atoms with van der Waals surface area (Å²) in [6, 6.07) is 0. The highest BCUT2D eigenvalue weighted by atomic mass is 15.3. The molecule has 13 heavy (non-hydrogen) atoms. The highest BCUT2D eigenvalue weighted by molar-refractivity contribution is 5.16. The first kappa shape index (κ1) is 10.4. The maximum Gasteiger partial charge on any atom is 0.0565 e. The van der Waals surface area contributed by atoms with Crippen LogP contribution in [0.1, 0.15) is 34.6 Å². The molecular formula is C11H22N2. The number of nitrogens with zero attached hydrogens (tertiary/aromatic N) is 2. The zero-order chi connectivity index (χ0) is 10.4. The van der Waals surface area contributed by atoms with Crippen molar-refractivity contribution < 1.29 is 0 Å². The van der Waals surface area contributed by atoms with Gasteiger partial charge in [-0.15, -0.1) is 0 Å². The molecule has 0 N–H and O–H groups in total. The molecule has 0 amide bonds. The summed E-state index contributed by atoms with van der Waals surface area (Å²) in [5, 5.41) is 0. The SMILES string of the molecule is CC1=CN(C)C(C)(C)C(C)(C)N1C. The van der Waals surface area contributed by atoms with Crippen molar-refractivity contribution in [2.75, 3.05) is 14.1 Å². The first-order valence-corrected chi connectivity index (χ1v) is 4.86. The topological polar surface area (TPSA) is 6.48 Å². The third-order valence-electron chi connectivity index (χ3n) is 4.13. The molecule has 0 atom stereocenters. The number of allylic oxidation sites excluding steroid dienone is 1. The van der Waals surface area contributed by atoms with Gasteiger partial charge in [-0.05, 0) is 34.6 Å². The summed E-state index contributed by atoms with van der Waals surface area (Å²) in [5.41, 5.74) is 1.66. The van der Waals surface area contributed by atoms with Crippen molar-refractivity contribution in [3.8, 4) is 0 Å². The number of hydrogen-bond acceptors (Lipinski definition) is 2. The van der Waals surface area contributed by atoms with Crippen LogP contribution in [0.4, 0.5) is 0 Å². The Bertz CT molecular complexity index is 238. The van der Waals surface area contributed by atoms with Gasteiger partial charge in [0.15, 0.2) is 0 Å². The zero-order valence-corrected chi connectivity index (χ0v) is 9.97. The molecule has 1 aliphatic rings. The Kier molecular flexibility index (Phi) is 2.13. The Labute approximate surface area is 82.2 Å². The van der Waals surface area contributed by atoms with E-state index in [4.69, 9.17) is 0 Å². The molecule has 0 aromatic heterocycles. The van der Waals surface area contributed by atoms with Crippen LogP contribution in [0, 0.1) is 0 Å². The van der Waals surface area contributed by atoms with E-state index in [0.29, 0.717) is 0 Å². The Hall–Kier alpha value is -0.660. The van der Waals surface area contributed by atoms with E-state index in [-0.39, 0.29) is 11.1 Å². The lowest BCUT2D eigenvalue weighted by atomic mass is 9.78. The Morgan fingerprint density at radius 3 is 1.92 bits per heavy atom. The molecule has 2 nitrogen and oxygen atoms in total. The van der Waals surface area contributed by atoms with Crippen LogP contribution in [-0.4, -0.2) is 35.0 Å². The molecule has 1 rings (SSSR count). The lowest BCUT2D eigenvalue weighted by Crippen LogP contribution is -2.64. The van der Waals surface area contributed by atoms with Gasteiger partial charge in [-0.3, -0.25) is 0 Å². The van der Waals surface area contributed by atoms with Crippen molar-refractivity contribution in [1.29, 1.82) is 0 Å². The van der Waals surface area contributed by atoms with E-state index in [1.807, 2.05) is 0 Å². The fourth-order valence-electron chi connectivity index (χ4n) is 1.81. The van der Waals surface area contributed by atoms with E-state index >= 15 is 0 Å². The minimum Gasteiger partial charge on any atom is -0.372 e. The third kappa shape index (κ3) is 1.23. The number of rotatable bonds is 0. The van der Waals surface area contributed by atoms with Gasteiger partial charge in [0.1, 0.15) is 0 Å². The quantitative estimate of drug-likeness (QED) is 0.567. The molecule has 0 saturated carbocycles. The van der Waals surface area contributed by atoms with Gasteiger partial charge in [-0.2, -0.15) is 0 Å².